The van der Waals surface area contributed by atoms with E-state index in [4.69, 9.17) is 21.0 Å². The number of para-hydroxylation sites is 1. The number of anilines is 2. The van der Waals surface area contributed by atoms with Gasteiger partial charge in [0.25, 0.3) is 0 Å². The SMILES string of the molecule is Cc1nc(N2CC[C@H](CC(=O)Nc3ccc(-c4ccccc4Cl)cc3)C2)c2oc3ccccc3c2n1. The number of nitrogens with zero attached hydrogens (tertiary/aromatic N) is 3. The maximum atomic E-state index is 12.8. The summed E-state index contributed by atoms with van der Waals surface area (Å²) in [5.41, 5.74) is 5.13. The highest BCUT2D eigenvalue weighted by molar-refractivity contribution is 6.33. The fourth-order valence-electron chi connectivity index (χ4n) is 4.99. The molecule has 6 rings (SSSR count). The molecule has 36 heavy (non-hydrogen) atoms. The highest BCUT2D eigenvalue weighted by Gasteiger charge is 2.28. The van der Waals surface area contributed by atoms with Gasteiger partial charge in [-0.15, -0.1) is 0 Å². The van der Waals surface area contributed by atoms with E-state index in [1.54, 1.807) is 0 Å². The molecule has 0 radical (unpaired) electrons. The molecule has 0 bridgehead atoms. The van der Waals surface area contributed by atoms with Crippen LogP contribution in [-0.4, -0.2) is 29.0 Å². The summed E-state index contributed by atoms with van der Waals surface area (Å²) < 4.78 is 6.14. The maximum Gasteiger partial charge on any atom is 0.224 e. The van der Waals surface area contributed by atoms with Crippen LogP contribution in [0.5, 0.6) is 0 Å². The normalized spacial score (nSPS) is 15.6. The number of aromatic nitrogens is 2. The number of carbonyl (C=O) groups excluding carboxylic acids is 1. The lowest BCUT2D eigenvalue weighted by atomic mass is 10.0. The number of carbonyl (C=O) groups is 1. The van der Waals surface area contributed by atoms with E-state index in [2.05, 4.69) is 15.2 Å². The number of halogens is 1. The number of rotatable bonds is 5. The summed E-state index contributed by atoms with van der Waals surface area (Å²) in [6.45, 7) is 3.48. The molecule has 1 fully saturated rings. The summed E-state index contributed by atoms with van der Waals surface area (Å²) in [4.78, 5) is 24.4. The Morgan fingerprint density at radius 2 is 1.83 bits per heavy atom. The topological polar surface area (TPSA) is 71.3 Å². The molecule has 180 valence electrons. The predicted molar refractivity (Wildman–Crippen MR) is 145 cm³/mol. The van der Waals surface area contributed by atoms with E-state index in [9.17, 15) is 4.79 Å². The quantitative estimate of drug-likeness (QED) is 0.288. The van der Waals surface area contributed by atoms with Gasteiger partial charge >= 0.3 is 0 Å². The van der Waals surface area contributed by atoms with Crippen molar-refractivity contribution in [1.29, 1.82) is 0 Å². The molecule has 1 N–H and O–H groups in total. The number of nitrogens with one attached hydrogen (secondary N) is 1. The Bertz CT molecular complexity index is 1580. The zero-order valence-electron chi connectivity index (χ0n) is 19.9. The van der Waals surface area contributed by atoms with Crippen LogP contribution < -0.4 is 10.2 Å². The summed E-state index contributed by atoms with van der Waals surface area (Å²) in [5, 5.41) is 4.74. The van der Waals surface area contributed by atoms with Gasteiger partial charge in [-0.25, -0.2) is 9.97 Å². The maximum absolute atomic E-state index is 12.8. The monoisotopic (exact) mass is 496 g/mol. The van der Waals surface area contributed by atoms with E-state index >= 15 is 0 Å². The highest BCUT2D eigenvalue weighted by atomic mass is 35.5. The summed E-state index contributed by atoms with van der Waals surface area (Å²) >= 11 is 6.31. The third-order valence-electron chi connectivity index (χ3n) is 6.73. The third-order valence-corrected chi connectivity index (χ3v) is 7.06. The Kier molecular flexibility index (Phi) is 5.82. The molecule has 0 aliphatic carbocycles. The van der Waals surface area contributed by atoms with Crippen LogP contribution in [0.2, 0.25) is 5.02 Å². The van der Waals surface area contributed by atoms with Gasteiger partial charge in [0.2, 0.25) is 5.91 Å². The van der Waals surface area contributed by atoms with Gasteiger partial charge in [-0.3, -0.25) is 4.79 Å². The minimum absolute atomic E-state index is 0.0140. The summed E-state index contributed by atoms with van der Waals surface area (Å²) in [7, 11) is 0. The Labute approximate surface area is 213 Å². The molecule has 1 aliphatic rings. The van der Waals surface area contributed by atoms with Crippen molar-refractivity contribution in [3.8, 4) is 11.1 Å². The van der Waals surface area contributed by atoms with Gasteiger partial charge in [0, 0.05) is 41.2 Å². The van der Waals surface area contributed by atoms with Crippen LogP contribution in [0.3, 0.4) is 0 Å². The second-order valence-corrected chi connectivity index (χ2v) is 9.69. The Balaban J connectivity index is 1.13. The number of amides is 1. The summed E-state index contributed by atoms with van der Waals surface area (Å²) in [6, 6.07) is 23.4. The molecule has 1 atom stereocenters. The molecule has 0 unspecified atom stereocenters. The second kappa shape index (κ2) is 9.28. The van der Waals surface area contributed by atoms with Crippen molar-refractivity contribution in [2.24, 2.45) is 5.92 Å². The number of hydrogen-bond donors (Lipinski definition) is 1. The summed E-state index contributed by atoms with van der Waals surface area (Å²) in [5.74, 6) is 1.78. The Morgan fingerprint density at radius 3 is 2.67 bits per heavy atom. The first-order chi connectivity index (χ1) is 17.5. The van der Waals surface area contributed by atoms with Crippen molar-refractivity contribution >= 4 is 51.1 Å². The van der Waals surface area contributed by atoms with Gasteiger partial charge in [-0.2, -0.15) is 0 Å². The Hall–Kier alpha value is -3.90. The van der Waals surface area contributed by atoms with E-state index in [1.165, 1.54) is 0 Å². The van der Waals surface area contributed by atoms with Crippen LogP contribution in [-0.2, 0) is 4.79 Å². The van der Waals surface area contributed by atoms with Crippen molar-refractivity contribution in [2.75, 3.05) is 23.3 Å². The van der Waals surface area contributed by atoms with Crippen LogP contribution in [0, 0.1) is 12.8 Å². The lowest BCUT2D eigenvalue weighted by molar-refractivity contribution is -0.116. The summed E-state index contributed by atoms with van der Waals surface area (Å²) in [6.07, 6.45) is 1.37. The van der Waals surface area contributed by atoms with Crippen LogP contribution in [0.4, 0.5) is 11.5 Å². The van der Waals surface area contributed by atoms with Crippen molar-refractivity contribution in [1.82, 2.24) is 9.97 Å². The second-order valence-electron chi connectivity index (χ2n) is 9.28. The molecule has 1 saturated heterocycles. The minimum Gasteiger partial charge on any atom is -0.450 e. The standard InChI is InChI=1S/C29H25ClN4O2/c1-18-31-27-23-7-3-5-9-25(23)36-28(27)29(32-18)34-15-14-19(17-34)16-26(35)33-21-12-10-20(11-13-21)22-6-2-4-8-24(22)30/h2-13,19H,14-17H2,1H3,(H,33,35)/t19-/m1/s1. The lowest BCUT2D eigenvalue weighted by Crippen LogP contribution is -2.23. The molecule has 5 aromatic rings. The molecule has 1 amide bonds. The van der Waals surface area contributed by atoms with Crippen LogP contribution in [0.25, 0.3) is 33.2 Å². The van der Waals surface area contributed by atoms with Crippen LogP contribution >= 0.6 is 11.6 Å². The van der Waals surface area contributed by atoms with E-state index in [-0.39, 0.29) is 11.8 Å². The number of furan rings is 1. The van der Waals surface area contributed by atoms with Gasteiger partial charge in [-0.05, 0) is 55.2 Å². The lowest BCUT2D eigenvalue weighted by Gasteiger charge is -2.18. The molecule has 3 heterocycles. The van der Waals surface area contributed by atoms with Gasteiger partial charge < -0.3 is 14.6 Å². The molecule has 1 aliphatic heterocycles. The number of hydrogen-bond acceptors (Lipinski definition) is 5. The van der Waals surface area contributed by atoms with Gasteiger partial charge in [-0.1, -0.05) is 54.1 Å². The van der Waals surface area contributed by atoms with Crippen LogP contribution in [0.15, 0.2) is 77.2 Å². The smallest absolute Gasteiger partial charge is 0.224 e. The molecule has 2 aromatic heterocycles. The molecule has 7 heteroatoms. The average molecular weight is 497 g/mol. The van der Waals surface area contributed by atoms with E-state index < -0.39 is 0 Å². The first kappa shape index (κ1) is 22.6. The highest BCUT2D eigenvalue weighted by Crippen LogP contribution is 2.35. The van der Waals surface area contributed by atoms with Gasteiger partial charge in [0.15, 0.2) is 11.4 Å². The fraction of sp³-hybridized carbons (Fsp3) is 0.207. The first-order valence-electron chi connectivity index (χ1n) is 12.1. The average Bonchev–Trinajstić information content (AvgIpc) is 3.49. The van der Waals surface area contributed by atoms with E-state index in [1.807, 2.05) is 79.7 Å². The molecule has 0 spiro atoms. The molecule has 0 saturated carbocycles. The number of fused-ring (bicyclic) bond motifs is 3. The molecule has 6 nitrogen and oxygen atoms in total. The van der Waals surface area contributed by atoms with E-state index in [0.29, 0.717) is 22.9 Å². The van der Waals surface area contributed by atoms with Crippen molar-refractivity contribution in [3.05, 3.63) is 83.6 Å². The largest absolute Gasteiger partial charge is 0.450 e. The number of aryl methyl sites for hydroxylation is 1. The van der Waals surface area contributed by atoms with E-state index in [0.717, 1.165) is 58.6 Å². The molecular formula is C29H25ClN4O2. The van der Waals surface area contributed by atoms with Crippen molar-refractivity contribution < 1.29 is 9.21 Å². The van der Waals surface area contributed by atoms with Gasteiger partial charge in [0.05, 0.1) is 0 Å². The molecular weight excluding hydrogens is 472 g/mol. The first-order valence-corrected chi connectivity index (χ1v) is 12.5. The zero-order valence-corrected chi connectivity index (χ0v) is 20.6. The number of benzene rings is 3. The molecule has 3 aromatic carbocycles. The zero-order chi connectivity index (χ0) is 24.6. The fourth-order valence-corrected chi connectivity index (χ4v) is 5.24. The minimum atomic E-state index is 0.0140. The van der Waals surface area contributed by atoms with Gasteiger partial charge in [0.1, 0.15) is 16.9 Å². The third kappa shape index (κ3) is 4.29. The predicted octanol–water partition coefficient (Wildman–Crippen LogP) is 6.86. The van der Waals surface area contributed by atoms with Crippen molar-refractivity contribution in [3.63, 3.8) is 0 Å². The van der Waals surface area contributed by atoms with Crippen molar-refractivity contribution in [2.45, 2.75) is 19.8 Å². The van der Waals surface area contributed by atoms with Crippen LogP contribution in [0.1, 0.15) is 18.7 Å². The Morgan fingerprint density at radius 1 is 1.06 bits per heavy atom.